The summed E-state index contributed by atoms with van der Waals surface area (Å²) in [5.74, 6) is -1.55. The average molecular weight is 268 g/mol. The quantitative estimate of drug-likeness (QED) is 0.791. The zero-order chi connectivity index (χ0) is 14.1. The molecular weight excluding hydrogens is 249 g/mol. The van der Waals surface area contributed by atoms with Gasteiger partial charge in [0.25, 0.3) is 0 Å². The van der Waals surface area contributed by atoms with Gasteiger partial charge in [0.15, 0.2) is 0 Å². The summed E-state index contributed by atoms with van der Waals surface area (Å²) in [6.45, 7) is 4.98. The highest BCUT2D eigenvalue weighted by atomic mass is 19.4. The van der Waals surface area contributed by atoms with Gasteiger partial charge < -0.3 is 15.0 Å². The first-order valence-corrected chi connectivity index (χ1v) is 5.75. The van der Waals surface area contributed by atoms with Gasteiger partial charge in [0.1, 0.15) is 5.60 Å². The summed E-state index contributed by atoms with van der Waals surface area (Å²) in [6.07, 6.45) is -5.05. The molecule has 18 heavy (non-hydrogen) atoms. The van der Waals surface area contributed by atoms with E-state index in [2.05, 4.69) is 5.32 Å². The molecule has 0 aliphatic carbocycles. The third kappa shape index (κ3) is 3.76. The molecule has 1 aliphatic rings. The molecular formula is C11H19F3N2O2. The van der Waals surface area contributed by atoms with E-state index in [0.29, 0.717) is 0 Å². The number of alkyl halides is 3. The van der Waals surface area contributed by atoms with Crippen LogP contribution in [-0.2, 0) is 4.74 Å². The van der Waals surface area contributed by atoms with Gasteiger partial charge in [-0.25, -0.2) is 4.79 Å². The van der Waals surface area contributed by atoms with Crippen molar-refractivity contribution in [2.75, 3.05) is 20.1 Å². The average Bonchev–Trinajstić information content (AvgIpc) is 2.60. The lowest BCUT2D eigenvalue weighted by molar-refractivity contribution is -0.179. The zero-order valence-corrected chi connectivity index (χ0v) is 11.0. The lowest BCUT2D eigenvalue weighted by atomic mass is 10.0. The van der Waals surface area contributed by atoms with Crippen molar-refractivity contribution in [1.82, 2.24) is 10.2 Å². The highest BCUT2D eigenvalue weighted by Gasteiger charge is 2.49. The van der Waals surface area contributed by atoms with Crippen LogP contribution in [-0.4, -0.2) is 48.9 Å². The summed E-state index contributed by atoms with van der Waals surface area (Å²) in [5, 5.41) is 2.66. The van der Waals surface area contributed by atoms with Crippen molar-refractivity contribution in [3.63, 3.8) is 0 Å². The Balaban J connectivity index is 2.71. The van der Waals surface area contributed by atoms with E-state index in [-0.39, 0.29) is 13.1 Å². The molecule has 7 heteroatoms. The third-order valence-corrected chi connectivity index (χ3v) is 2.78. The van der Waals surface area contributed by atoms with Crippen LogP contribution in [0.1, 0.15) is 20.8 Å². The summed E-state index contributed by atoms with van der Waals surface area (Å²) in [7, 11) is 1.34. The Labute approximate surface area is 104 Å². The summed E-state index contributed by atoms with van der Waals surface area (Å²) in [6, 6.07) is -0.917. The normalized spacial score (nSPS) is 25.1. The lowest BCUT2D eigenvalue weighted by Gasteiger charge is -2.31. The second-order valence-electron chi connectivity index (χ2n) is 5.46. The van der Waals surface area contributed by atoms with Gasteiger partial charge in [-0.1, -0.05) is 0 Å². The first kappa shape index (κ1) is 15.1. The maximum Gasteiger partial charge on any atom is 0.410 e. The number of hydrogen-bond donors (Lipinski definition) is 1. The molecule has 0 saturated carbocycles. The molecule has 2 atom stereocenters. The molecule has 0 radical (unpaired) electrons. The van der Waals surface area contributed by atoms with Crippen molar-refractivity contribution in [3.8, 4) is 0 Å². The molecule has 1 N–H and O–H groups in total. The molecule has 0 aromatic rings. The highest BCUT2D eigenvalue weighted by molar-refractivity contribution is 5.68. The van der Waals surface area contributed by atoms with Gasteiger partial charge >= 0.3 is 12.3 Å². The Hall–Kier alpha value is -0.980. The number of hydrogen-bond acceptors (Lipinski definition) is 3. The standard InChI is InChI=1S/C11H19F3N2O2/c1-10(2,3)18-9(17)16(4)8-6-15-5-7(8)11(12,13)14/h7-8,15H,5-6H2,1-4H3/t7-,8+/m0/s1. The van der Waals surface area contributed by atoms with Crippen molar-refractivity contribution in [2.45, 2.75) is 38.6 Å². The van der Waals surface area contributed by atoms with Gasteiger partial charge in [-0.15, -0.1) is 0 Å². The predicted octanol–water partition coefficient (Wildman–Crippen LogP) is 2.00. The number of halogens is 3. The van der Waals surface area contributed by atoms with Crippen LogP contribution in [0.4, 0.5) is 18.0 Å². The van der Waals surface area contributed by atoms with Crippen LogP contribution in [0.15, 0.2) is 0 Å². The Bertz CT molecular complexity index is 312. The van der Waals surface area contributed by atoms with E-state index in [0.717, 1.165) is 4.90 Å². The molecule has 0 aromatic heterocycles. The van der Waals surface area contributed by atoms with Crippen molar-refractivity contribution in [2.24, 2.45) is 5.92 Å². The van der Waals surface area contributed by atoms with E-state index in [9.17, 15) is 18.0 Å². The number of nitrogens with zero attached hydrogens (tertiary/aromatic N) is 1. The summed E-state index contributed by atoms with van der Waals surface area (Å²) in [5.41, 5.74) is -0.717. The zero-order valence-electron chi connectivity index (χ0n) is 11.0. The minimum atomic E-state index is -4.32. The highest BCUT2D eigenvalue weighted by Crippen LogP contribution is 2.33. The second-order valence-corrected chi connectivity index (χ2v) is 5.46. The minimum absolute atomic E-state index is 0.125. The topological polar surface area (TPSA) is 41.6 Å². The number of amides is 1. The van der Waals surface area contributed by atoms with Gasteiger partial charge in [-0.3, -0.25) is 0 Å². The molecule has 1 rings (SSSR count). The molecule has 0 bridgehead atoms. The van der Waals surface area contributed by atoms with E-state index >= 15 is 0 Å². The van der Waals surface area contributed by atoms with Gasteiger partial charge in [0, 0.05) is 20.1 Å². The maximum atomic E-state index is 12.8. The lowest BCUT2D eigenvalue weighted by Crippen LogP contribution is -2.48. The van der Waals surface area contributed by atoms with Gasteiger partial charge in [-0.2, -0.15) is 13.2 Å². The molecule has 0 aromatic carbocycles. The summed E-state index contributed by atoms with van der Waals surface area (Å²) in [4.78, 5) is 12.8. The Kier molecular flexibility index (Phi) is 4.15. The molecule has 0 spiro atoms. The van der Waals surface area contributed by atoms with Crippen molar-refractivity contribution in [3.05, 3.63) is 0 Å². The van der Waals surface area contributed by atoms with Crippen molar-refractivity contribution >= 4 is 6.09 Å². The first-order valence-electron chi connectivity index (χ1n) is 5.75. The fraction of sp³-hybridized carbons (Fsp3) is 0.909. The number of likely N-dealkylation sites (N-methyl/N-ethyl adjacent to an activating group) is 1. The van der Waals surface area contributed by atoms with Crippen LogP contribution in [0.2, 0.25) is 0 Å². The number of rotatable bonds is 1. The van der Waals surface area contributed by atoms with Crippen molar-refractivity contribution in [1.29, 1.82) is 0 Å². The second kappa shape index (κ2) is 4.95. The smallest absolute Gasteiger partial charge is 0.410 e. The predicted molar refractivity (Wildman–Crippen MR) is 60.2 cm³/mol. The largest absolute Gasteiger partial charge is 0.444 e. The van der Waals surface area contributed by atoms with Gasteiger partial charge in [0.05, 0.1) is 12.0 Å². The van der Waals surface area contributed by atoms with Crippen LogP contribution in [0, 0.1) is 5.92 Å². The van der Waals surface area contributed by atoms with E-state index < -0.39 is 29.8 Å². The molecule has 1 saturated heterocycles. The van der Waals surface area contributed by atoms with E-state index in [1.54, 1.807) is 20.8 Å². The maximum absolute atomic E-state index is 12.8. The monoisotopic (exact) mass is 268 g/mol. The van der Waals surface area contributed by atoms with E-state index in [1.165, 1.54) is 7.05 Å². The van der Waals surface area contributed by atoms with Crippen LogP contribution in [0.5, 0.6) is 0 Å². The fourth-order valence-corrected chi connectivity index (χ4v) is 1.88. The molecule has 1 fully saturated rings. The minimum Gasteiger partial charge on any atom is -0.444 e. The fourth-order valence-electron chi connectivity index (χ4n) is 1.88. The molecule has 106 valence electrons. The number of nitrogens with one attached hydrogen (secondary N) is 1. The molecule has 4 nitrogen and oxygen atoms in total. The number of carbonyl (C=O) groups excluding carboxylic acids is 1. The van der Waals surface area contributed by atoms with Crippen LogP contribution < -0.4 is 5.32 Å². The van der Waals surface area contributed by atoms with Crippen molar-refractivity contribution < 1.29 is 22.7 Å². The van der Waals surface area contributed by atoms with Gasteiger partial charge in [0.2, 0.25) is 0 Å². The summed E-state index contributed by atoms with van der Waals surface area (Å²) >= 11 is 0. The van der Waals surface area contributed by atoms with Crippen LogP contribution in [0.25, 0.3) is 0 Å². The SMILES string of the molecule is CN(C(=O)OC(C)(C)C)[C@@H]1CNC[C@@H]1C(F)(F)F. The third-order valence-electron chi connectivity index (χ3n) is 2.78. The Morgan fingerprint density at radius 1 is 1.28 bits per heavy atom. The molecule has 1 aliphatic heterocycles. The summed E-state index contributed by atoms with van der Waals surface area (Å²) < 4.78 is 43.3. The number of ether oxygens (including phenoxy) is 1. The Morgan fingerprint density at radius 3 is 2.28 bits per heavy atom. The Morgan fingerprint density at radius 2 is 1.83 bits per heavy atom. The van der Waals surface area contributed by atoms with E-state index in [4.69, 9.17) is 4.74 Å². The number of carbonyl (C=O) groups is 1. The van der Waals surface area contributed by atoms with Gasteiger partial charge in [-0.05, 0) is 20.8 Å². The molecule has 0 unspecified atom stereocenters. The van der Waals surface area contributed by atoms with Crippen LogP contribution >= 0.6 is 0 Å². The first-order chi connectivity index (χ1) is 8.02. The van der Waals surface area contributed by atoms with E-state index in [1.807, 2.05) is 0 Å². The van der Waals surface area contributed by atoms with Crippen LogP contribution in [0.3, 0.4) is 0 Å². The molecule has 1 amide bonds. The molecule has 1 heterocycles.